The van der Waals surface area contributed by atoms with Crippen LogP contribution in [-0.2, 0) is 4.74 Å². The summed E-state index contributed by atoms with van der Waals surface area (Å²) >= 11 is 0. The van der Waals surface area contributed by atoms with E-state index in [-0.39, 0.29) is 11.3 Å². The molecule has 0 radical (unpaired) electrons. The predicted octanol–water partition coefficient (Wildman–Crippen LogP) is 4.56. The molecule has 0 aliphatic carbocycles. The number of aryl methyl sites for hydroxylation is 1. The van der Waals surface area contributed by atoms with Gasteiger partial charge in [-0.05, 0) is 63.1 Å². The number of hydrogen-bond donors (Lipinski definition) is 3. The first-order chi connectivity index (χ1) is 16.1. The number of amidine groups is 1. The van der Waals surface area contributed by atoms with Crippen LogP contribution in [0.15, 0.2) is 53.1 Å². The molecular weight excluding hydrogens is 435 g/mol. The van der Waals surface area contributed by atoms with Crippen LogP contribution in [0.2, 0.25) is 0 Å². The molecule has 0 saturated heterocycles. The monoisotopic (exact) mass is 468 g/mol. The molecule has 0 spiro atoms. The number of nitrogens with zero attached hydrogens (tertiary/aromatic N) is 3. The molecule has 0 bridgehead atoms. The second kappa shape index (κ2) is 12.0. The Morgan fingerprint density at radius 1 is 1.32 bits per heavy atom. The number of allylic oxidation sites excluding steroid dienone is 1. The summed E-state index contributed by atoms with van der Waals surface area (Å²) in [6.07, 6.45) is 3.89. The number of nitrogens with one attached hydrogen (secondary N) is 3. The zero-order valence-corrected chi connectivity index (χ0v) is 20.6. The Kier molecular flexibility index (Phi) is 9.44. The van der Waals surface area contributed by atoms with Gasteiger partial charge in [0, 0.05) is 45.1 Å². The lowest BCUT2D eigenvalue weighted by atomic mass is 10.1. The van der Waals surface area contributed by atoms with E-state index in [2.05, 4.69) is 37.5 Å². The molecule has 3 N–H and O–H groups in total. The molecule has 2 aromatic rings. The van der Waals surface area contributed by atoms with Gasteiger partial charge in [-0.1, -0.05) is 6.58 Å². The number of aliphatic imine (C=N–C) groups is 2. The highest BCUT2D eigenvalue weighted by atomic mass is 19.1. The van der Waals surface area contributed by atoms with Gasteiger partial charge in [-0.3, -0.25) is 4.99 Å². The van der Waals surface area contributed by atoms with Crippen LogP contribution in [0.5, 0.6) is 0 Å². The molecule has 2 rings (SSSR count). The van der Waals surface area contributed by atoms with Crippen molar-refractivity contribution in [3.63, 3.8) is 0 Å². The molecule has 9 heteroatoms. The van der Waals surface area contributed by atoms with E-state index < -0.39 is 11.8 Å². The second-order valence-corrected chi connectivity index (χ2v) is 8.17. The number of carbonyl (C=O) groups excluding carboxylic acids is 1. The molecule has 0 fully saturated rings. The largest absolute Gasteiger partial charge is 0.379 e. The van der Waals surface area contributed by atoms with E-state index in [1.54, 1.807) is 40.4 Å². The maximum atomic E-state index is 14.6. The maximum Gasteiger partial charge on any atom is 0.319 e. The third-order valence-corrected chi connectivity index (χ3v) is 5.31. The number of aromatic nitrogens is 1. The number of carbonyl (C=O) groups is 1. The maximum absolute atomic E-state index is 14.6. The number of anilines is 2. The molecule has 1 aromatic carbocycles. The summed E-state index contributed by atoms with van der Waals surface area (Å²) in [6, 6.07) is 6.02. The van der Waals surface area contributed by atoms with Crippen LogP contribution in [0.4, 0.5) is 20.7 Å². The molecule has 2 amide bonds. The van der Waals surface area contributed by atoms with Crippen molar-refractivity contribution in [1.82, 2.24) is 10.3 Å². The minimum atomic E-state index is -0.551. The first kappa shape index (κ1) is 26.7. The van der Waals surface area contributed by atoms with Gasteiger partial charge in [0.1, 0.15) is 11.6 Å². The van der Waals surface area contributed by atoms with Crippen molar-refractivity contribution in [2.75, 3.05) is 38.4 Å². The fourth-order valence-electron chi connectivity index (χ4n) is 3.05. The fraction of sp³-hybridized carbons (Fsp3) is 0.360. The Bertz CT molecular complexity index is 1090. The zero-order valence-electron chi connectivity index (χ0n) is 20.6. The summed E-state index contributed by atoms with van der Waals surface area (Å²) in [6.45, 7) is 9.84. The van der Waals surface area contributed by atoms with E-state index in [0.717, 1.165) is 5.56 Å². The van der Waals surface area contributed by atoms with E-state index in [1.165, 1.54) is 12.1 Å². The average Bonchev–Trinajstić information content (AvgIpc) is 2.82. The van der Waals surface area contributed by atoms with Crippen molar-refractivity contribution in [3.8, 4) is 0 Å². The number of benzene rings is 1. The number of rotatable bonds is 9. The number of halogens is 1. The number of hydrogen-bond acceptors (Lipinski definition) is 5. The summed E-state index contributed by atoms with van der Waals surface area (Å²) in [5.74, 6) is 0.511. The highest BCUT2D eigenvalue weighted by Crippen LogP contribution is 2.22. The van der Waals surface area contributed by atoms with E-state index in [9.17, 15) is 9.18 Å². The molecule has 0 saturated carbocycles. The number of methoxy groups -OCH3 is 1. The number of amides is 2. The van der Waals surface area contributed by atoms with Gasteiger partial charge in [-0.2, -0.15) is 0 Å². The Balaban J connectivity index is 2.30. The van der Waals surface area contributed by atoms with Gasteiger partial charge < -0.3 is 20.7 Å². The molecule has 1 heterocycles. The quantitative estimate of drug-likeness (QED) is 0.371. The van der Waals surface area contributed by atoms with Crippen LogP contribution >= 0.6 is 0 Å². The summed E-state index contributed by atoms with van der Waals surface area (Å²) in [5.41, 5.74) is 2.25. The lowest BCUT2D eigenvalue weighted by molar-refractivity contribution is 0.0165. The Morgan fingerprint density at radius 2 is 2.06 bits per heavy atom. The van der Waals surface area contributed by atoms with E-state index in [4.69, 9.17) is 4.74 Å². The van der Waals surface area contributed by atoms with Crippen LogP contribution in [0.1, 0.15) is 37.0 Å². The van der Waals surface area contributed by atoms with Crippen LogP contribution in [0, 0.1) is 12.7 Å². The van der Waals surface area contributed by atoms with E-state index in [0.29, 0.717) is 41.5 Å². The average molecular weight is 469 g/mol. The van der Waals surface area contributed by atoms with Crippen molar-refractivity contribution >= 4 is 29.1 Å². The minimum Gasteiger partial charge on any atom is -0.379 e. The number of pyridine rings is 1. The van der Waals surface area contributed by atoms with E-state index >= 15 is 0 Å². The third kappa shape index (κ3) is 7.21. The number of urea groups is 1. The fourth-order valence-corrected chi connectivity index (χ4v) is 3.05. The van der Waals surface area contributed by atoms with Gasteiger partial charge in [0.05, 0.1) is 17.0 Å². The summed E-state index contributed by atoms with van der Waals surface area (Å²) < 4.78 is 20.0. The van der Waals surface area contributed by atoms with Crippen molar-refractivity contribution in [2.45, 2.75) is 32.8 Å². The Labute approximate surface area is 200 Å². The lowest BCUT2D eigenvalue weighted by Crippen LogP contribution is -2.34. The predicted molar refractivity (Wildman–Crippen MR) is 137 cm³/mol. The van der Waals surface area contributed by atoms with Gasteiger partial charge >= 0.3 is 6.03 Å². The van der Waals surface area contributed by atoms with Crippen LogP contribution < -0.4 is 16.0 Å². The summed E-state index contributed by atoms with van der Waals surface area (Å²) in [4.78, 5) is 25.5. The molecule has 182 valence electrons. The van der Waals surface area contributed by atoms with Crippen LogP contribution in [0.25, 0.3) is 0 Å². The van der Waals surface area contributed by atoms with Crippen LogP contribution in [-0.4, -0.2) is 55.9 Å². The van der Waals surface area contributed by atoms with Gasteiger partial charge in [0.25, 0.3) is 0 Å². The normalized spacial score (nSPS) is 12.3. The lowest BCUT2D eigenvalue weighted by Gasteiger charge is -2.22. The molecule has 34 heavy (non-hydrogen) atoms. The van der Waals surface area contributed by atoms with Gasteiger partial charge in [0.15, 0.2) is 5.84 Å². The molecular formula is C25H33FN6O2. The highest BCUT2D eigenvalue weighted by Gasteiger charge is 2.17. The van der Waals surface area contributed by atoms with Crippen molar-refractivity contribution in [2.24, 2.45) is 9.98 Å². The Hall–Kier alpha value is -3.59. The SMILES string of the molecule is C=CC(=NC(=NC)c1cc(NC(=O)NCCC(C)(C)OC)c(F)cc1C)c1ccnc(NC)c1. The first-order valence-electron chi connectivity index (χ1n) is 10.9. The standard InChI is InChI=1S/C25H33FN6O2/c1-8-20(17-9-11-29-22(14-17)27-5)31-23(28-6)18-15-21(19(26)13-16(18)2)32-24(33)30-12-10-25(3,4)34-7/h8-9,11,13-15H,1,10,12H2,2-7H3,(H,27,29)(H2,30,32,33). The van der Waals surface area contributed by atoms with Crippen LogP contribution in [0.3, 0.4) is 0 Å². The second-order valence-electron chi connectivity index (χ2n) is 8.17. The van der Waals surface area contributed by atoms with Crippen molar-refractivity contribution < 1.29 is 13.9 Å². The highest BCUT2D eigenvalue weighted by molar-refractivity contribution is 6.17. The molecule has 1 aromatic heterocycles. The third-order valence-electron chi connectivity index (χ3n) is 5.31. The van der Waals surface area contributed by atoms with Gasteiger partial charge in [0.2, 0.25) is 0 Å². The van der Waals surface area contributed by atoms with Gasteiger partial charge in [-0.15, -0.1) is 0 Å². The summed E-state index contributed by atoms with van der Waals surface area (Å²) in [5, 5.41) is 8.28. The zero-order chi connectivity index (χ0) is 25.3. The molecule has 0 aliphatic rings. The van der Waals surface area contributed by atoms with E-state index in [1.807, 2.05) is 26.0 Å². The smallest absolute Gasteiger partial charge is 0.319 e. The summed E-state index contributed by atoms with van der Waals surface area (Å²) in [7, 11) is 5.00. The Morgan fingerprint density at radius 3 is 2.68 bits per heavy atom. The molecule has 0 unspecified atom stereocenters. The molecule has 0 atom stereocenters. The number of ether oxygens (including phenoxy) is 1. The van der Waals surface area contributed by atoms with Crippen molar-refractivity contribution in [1.29, 1.82) is 0 Å². The minimum absolute atomic E-state index is 0.0296. The topological polar surface area (TPSA) is 100 Å². The molecule has 8 nitrogen and oxygen atoms in total. The molecule has 0 aliphatic heterocycles. The van der Waals surface area contributed by atoms with Crippen molar-refractivity contribution in [3.05, 3.63) is 65.6 Å². The first-order valence-corrected chi connectivity index (χ1v) is 10.9. The van der Waals surface area contributed by atoms with Gasteiger partial charge in [-0.25, -0.2) is 19.2 Å².